The van der Waals surface area contributed by atoms with Crippen LogP contribution in [0.2, 0.25) is 0 Å². The Morgan fingerprint density at radius 1 is 1.25 bits per heavy atom. The zero-order chi connectivity index (χ0) is 16.9. The Balaban J connectivity index is 1.76. The van der Waals surface area contributed by atoms with Crippen molar-refractivity contribution in [2.24, 2.45) is 5.92 Å². The molecule has 0 aromatic carbocycles. The maximum atomic E-state index is 13.6. The normalized spacial score (nSPS) is 23.0. The van der Waals surface area contributed by atoms with Crippen LogP contribution in [0.4, 0.5) is 13.2 Å². The first-order chi connectivity index (χ1) is 11.4. The largest absolute Gasteiger partial charge is 0.434 e. The number of alkyl halides is 3. The van der Waals surface area contributed by atoms with Gasteiger partial charge in [-0.25, -0.2) is 9.67 Å². The molecule has 8 heteroatoms. The third-order valence-corrected chi connectivity index (χ3v) is 4.80. The molecule has 1 saturated carbocycles. The van der Waals surface area contributed by atoms with E-state index in [-0.39, 0.29) is 11.9 Å². The molecule has 1 amide bonds. The topological polar surface area (TPSA) is 51.0 Å². The van der Waals surface area contributed by atoms with Gasteiger partial charge in [-0.1, -0.05) is 6.07 Å². The summed E-state index contributed by atoms with van der Waals surface area (Å²) in [6.45, 7) is 0.537. The predicted molar refractivity (Wildman–Crippen MR) is 78.5 cm³/mol. The van der Waals surface area contributed by atoms with E-state index in [0.29, 0.717) is 17.1 Å². The number of carbonyl (C=O) groups excluding carboxylic acids is 1. The van der Waals surface area contributed by atoms with Crippen molar-refractivity contribution in [1.29, 1.82) is 0 Å². The molecular formula is C16H15F3N4O. The number of likely N-dealkylation sites (tertiary alicyclic amines) is 1. The first kappa shape index (κ1) is 15.2. The zero-order valence-corrected chi connectivity index (χ0v) is 12.7. The molecular weight excluding hydrogens is 321 g/mol. The summed E-state index contributed by atoms with van der Waals surface area (Å²) in [6.07, 6.45) is 0.503. The van der Waals surface area contributed by atoms with Gasteiger partial charge in [0.25, 0.3) is 5.91 Å². The highest BCUT2D eigenvalue weighted by Gasteiger charge is 2.45. The number of hydrogen-bond acceptors (Lipinski definition) is 3. The number of amides is 1. The number of fused-ring (bicyclic) bond motifs is 2. The molecule has 0 spiro atoms. The maximum Gasteiger partial charge on any atom is 0.434 e. The Labute approximate surface area is 136 Å². The van der Waals surface area contributed by atoms with E-state index < -0.39 is 23.3 Å². The SMILES string of the molecule is O=C(c1cnn(-c2ccccn2)c1C(F)(F)F)N1CC2CCC1C2. The van der Waals surface area contributed by atoms with E-state index in [1.165, 1.54) is 12.3 Å². The summed E-state index contributed by atoms with van der Waals surface area (Å²) in [6, 6.07) is 4.66. The molecule has 3 heterocycles. The summed E-state index contributed by atoms with van der Waals surface area (Å²) < 4.78 is 41.5. The number of halogens is 3. The van der Waals surface area contributed by atoms with Gasteiger partial charge in [0.05, 0.1) is 11.8 Å². The van der Waals surface area contributed by atoms with Crippen LogP contribution in [0.15, 0.2) is 30.6 Å². The van der Waals surface area contributed by atoms with Crippen molar-refractivity contribution in [3.8, 4) is 5.82 Å². The number of pyridine rings is 1. The van der Waals surface area contributed by atoms with E-state index in [9.17, 15) is 18.0 Å². The number of nitrogens with zero attached hydrogens (tertiary/aromatic N) is 4. The molecule has 1 aliphatic heterocycles. The van der Waals surface area contributed by atoms with Crippen LogP contribution in [-0.2, 0) is 6.18 Å². The van der Waals surface area contributed by atoms with Gasteiger partial charge in [-0.3, -0.25) is 4.79 Å². The highest BCUT2D eigenvalue weighted by Crippen LogP contribution is 2.40. The van der Waals surface area contributed by atoms with Crippen LogP contribution in [0, 0.1) is 5.92 Å². The van der Waals surface area contributed by atoms with Crippen LogP contribution in [0.1, 0.15) is 35.3 Å². The second kappa shape index (κ2) is 5.32. The van der Waals surface area contributed by atoms with Gasteiger partial charge in [0.2, 0.25) is 0 Å². The summed E-state index contributed by atoms with van der Waals surface area (Å²) in [4.78, 5) is 18.2. The lowest BCUT2D eigenvalue weighted by atomic mass is 10.1. The van der Waals surface area contributed by atoms with E-state index in [1.807, 2.05) is 0 Å². The first-order valence-corrected chi connectivity index (χ1v) is 7.82. The lowest BCUT2D eigenvalue weighted by molar-refractivity contribution is -0.143. The average molecular weight is 336 g/mol. The Morgan fingerprint density at radius 2 is 2.08 bits per heavy atom. The van der Waals surface area contributed by atoms with E-state index in [0.717, 1.165) is 25.5 Å². The molecule has 24 heavy (non-hydrogen) atoms. The predicted octanol–water partition coefficient (Wildman–Crippen LogP) is 2.91. The quantitative estimate of drug-likeness (QED) is 0.847. The van der Waals surface area contributed by atoms with Gasteiger partial charge in [-0.05, 0) is 37.3 Å². The molecule has 2 aliphatic rings. The molecule has 2 fully saturated rings. The van der Waals surface area contributed by atoms with Gasteiger partial charge < -0.3 is 4.90 Å². The fourth-order valence-corrected chi connectivity index (χ4v) is 3.76. The molecule has 2 aromatic heterocycles. The number of rotatable bonds is 2. The van der Waals surface area contributed by atoms with Crippen LogP contribution >= 0.6 is 0 Å². The molecule has 5 nitrogen and oxygen atoms in total. The molecule has 2 unspecified atom stereocenters. The molecule has 0 radical (unpaired) electrons. The minimum atomic E-state index is -4.70. The first-order valence-electron chi connectivity index (χ1n) is 7.82. The summed E-state index contributed by atoms with van der Waals surface area (Å²) in [5.74, 6) is -0.136. The van der Waals surface area contributed by atoms with Gasteiger partial charge in [0.1, 0.15) is 0 Å². The Morgan fingerprint density at radius 3 is 2.67 bits per heavy atom. The van der Waals surface area contributed by atoms with Crippen molar-refractivity contribution < 1.29 is 18.0 Å². The van der Waals surface area contributed by atoms with Gasteiger partial charge in [0, 0.05) is 18.8 Å². The van der Waals surface area contributed by atoms with Crippen molar-refractivity contribution in [1.82, 2.24) is 19.7 Å². The van der Waals surface area contributed by atoms with E-state index in [1.54, 1.807) is 17.0 Å². The number of piperidine rings is 1. The minimum absolute atomic E-state index is 0.0341. The molecule has 4 rings (SSSR count). The van der Waals surface area contributed by atoms with Crippen LogP contribution < -0.4 is 0 Å². The highest BCUT2D eigenvalue weighted by molar-refractivity contribution is 5.96. The maximum absolute atomic E-state index is 13.6. The van der Waals surface area contributed by atoms with Gasteiger partial charge in [-0.15, -0.1) is 0 Å². The standard InChI is InChI=1S/C16H15F3N4O/c17-16(18,19)14-12(8-21-23(14)13-3-1-2-6-20-13)15(24)22-9-10-4-5-11(22)7-10/h1-3,6,8,10-11H,4-5,7,9H2. The number of carbonyl (C=O) groups is 1. The molecule has 1 saturated heterocycles. The highest BCUT2D eigenvalue weighted by atomic mass is 19.4. The van der Waals surface area contributed by atoms with Crippen LogP contribution in [0.5, 0.6) is 0 Å². The minimum Gasteiger partial charge on any atom is -0.335 e. The zero-order valence-electron chi connectivity index (χ0n) is 12.7. The van der Waals surface area contributed by atoms with Gasteiger partial charge in [0.15, 0.2) is 11.5 Å². The van der Waals surface area contributed by atoms with Crippen molar-refractivity contribution >= 4 is 5.91 Å². The van der Waals surface area contributed by atoms with Crippen molar-refractivity contribution in [2.75, 3.05) is 6.54 Å². The van der Waals surface area contributed by atoms with Gasteiger partial charge in [-0.2, -0.15) is 18.3 Å². The fourth-order valence-electron chi connectivity index (χ4n) is 3.76. The summed E-state index contributed by atoms with van der Waals surface area (Å²) in [5, 5.41) is 3.79. The monoisotopic (exact) mass is 336 g/mol. The molecule has 2 bridgehead atoms. The number of aromatic nitrogens is 3. The lowest BCUT2D eigenvalue weighted by Crippen LogP contribution is -2.38. The second-order valence-corrected chi connectivity index (χ2v) is 6.29. The molecule has 126 valence electrons. The second-order valence-electron chi connectivity index (χ2n) is 6.29. The lowest BCUT2D eigenvalue weighted by Gasteiger charge is -2.27. The number of hydrogen-bond donors (Lipinski definition) is 0. The molecule has 2 atom stereocenters. The smallest absolute Gasteiger partial charge is 0.335 e. The Bertz CT molecular complexity index is 771. The van der Waals surface area contributed by atoms with E-state index in [2.05, 4.69) is 10.1 Å². The third kappa shape index (κ3) is 2.37. The Hall–Kier alpha value is -2.38. The van der Waals surface area contributed by atoms with Crippen LogP contribution in [0.25, 0.3) is 5.82 Å². The molecule has 2 aromatic rings. The summed E-state index contributed by atoms with van der Waals surface area (Å²) >= 11 is 0. The van der Waals surface area contributed by atoms with Crippen molar-refractivity contribution in [3.63, 3.8) is 0 Å². The molecule has 1 aliphatic carbocycles. The van der Waals surface area contributed by atoms with E-state index in [4.69, 9.17) is 0 Å². The Kier molecular flexibility index (Phi) is 3.36. The van der Waals surface area contributed by atoms with Crippen molar-refractivity contribution in [2.45, 2.75) is 31.5 Å². The molecule has 0 N–H and O–H groups in total. The summed E-state index contributed by atoms with van der Waals surface area (Å²) in [7, 11) is 0. The fraction of sp³-hybridized carbons (Fsp3) is 0.438. The average Bonchev–Trinajstić information content (AvgIpc) is 3.28. The van der Waals surface area contributed by atoms with Crippen molar-refractivity contribution in [3.05, 3.63) is 41.9 Å². The van der Waals surface area contributed by atoms with E-state index >= 15 is 0 Å². The summed E-state index contributed by atoms with van der Waals surface area (Å²) in [5.41, 5.74) is -1.46. The third-order valence-electron chi connectivity index (χ3n) is 4.80. The van der Waals surface area contributed by atoms with Crippen LogP contribution in [-0.4, -0.2) is 38.2 Å². The van der Waals surface area contributed by atoms with Crippen LogP contribution in [0.3, 0.4) is 0 Å². The van der Waals surface area contributed by atoms with Gasteiger partial charge >= 0.3 is 6.18 Å².